The topological polar surface area (TPSA) is 29.9 Å². The van der Waals surface area contributed by atoms with E-state index in [9.17, 15) is 22.0 Å². The normalized spacial score (nSPS) is 25.3. The summed E-state index contributed by atoms with van der Waals surface area (Å²) in [5.41, 5.74) is 0. The number of nitrogens with zero attached hydrogens (tertiary/aromatic N) is 2. The third-order valence-corrected chi connectivity index (χ3v) is 2.73. The lowest BCUT2D eigenvalue weighted by molar-refractivity contribution is -0.301. The van der Waals surface area contributed by atoms with Crippen molar-refractivity contribution in [2.24, 2.45) is 0 Å². The van der Waals surface area contributed by atoms with E-state index < -0.39 is 24.2 Å². The summed E-state index contributed by atoms with van der Waals surface area (Å²) in [5, 5.41) is 6.32. The summed E-state index contributed by atoms with van der Waals surface area (Å²) < 4.78 is 64.4. The molecule has 1 aromatic heterocycles. The molecule has 96 valence electrons. The molecule has 0 saturated carbocycles. The van der Waals surface area contributed by atoms with E-state index >= 15 is 0 Å². The fraction of sp³-hybridized carbons (Fsp3) is 0.667. The van der Waals surface area contributed by atoms with Crippen LogP contribution in [-0.4, -0.2) is 27.9 Å². The fourth-order valence-electron chi connectivity index (χ4n) is 1.91. The molecule has 8 heteroatoms. The number of anilines is 1. The van der Waals surface area contributed by atoms with Crippen molar-refractivity contribution in [3.05, 3.63) is 12.3 Å². The van der Waals surface area contributed by atoms with Crippen molar-refractivity contribution < 1.29 is 22.0 Å². The number of rotatable bonds is 1. The zero-order valence-electron chi connectivity index (χ0n) is 8.80. The predicted molar refractivity (Wildman–Crippen MR) is 50.0 cm³/mol. The first kappa shape index (κ1) is 12.1. The van der Waals surface area contributed by atoms with Gasteiger partial charge >= 0.3 is 12.1 Å². The molecule has 0 unspecified atom stereocenters. The van der Waals surface area contributed by atoms with E-state index in [1.54, 1.807) is 6.92 Å². The van der Waals surface area contributed by atoms with Crippen LogP contribution < -0.4 is 5.32 Å². The highest BCUT2D eigenvalue weighted by Gasteiger charge is 2.64. The first-order valence-corrected chi connectivity index (χ1v) is 4.98. The van der Waals surface area contributed by atoms with Crippen LogP contribution in [0.15, 0.2) is 12.3 Å². The van der Waals surface area contributed by atoms with Crippen LogP contribution in [0.1, 0.15) is 19.4 Å². The molecule has 0 spiro atoms. The molecule has 0 saturated heterocycles. The summed E-state index contributed by atoms with van der Waals surface area (Å²) in [6.07, 6.45) is -4.71. The average Bonchev–Trinajstić information content (AvgIpc) is 2.61. The molecule has 2 atom stereocenters. The smallest absolute Gasteiger partial charge is 0.368 e. The first-order valence-electron chi connectivity index (χ1n) is 4.98. The molecule has 1 aliphatic heterocycles. The second kappa shape index (κ2) is 3.58. The van der Waals surface area contributed by atoms with E-state index in [-0.39, 0.29) is 12.2 Å². The van der Waals surface area contributed by atoms with Crippen molar-refractivity contribution in [1.29, 1.82) is 0 Å². The summed E-state index contributed by atoms with van der Waals surface area (Å²) >= 11 is 0. The second-order valence-corrected chi connectivity index (χ2v) is 4.08. The van der Waals surface area contributed by atoms with Gasteiger partial charge in [-0.05, 0) is 13.3 Å². The first-order chi connectivity index (χ1) is 7.73. The van der Waals surface area contributed by atoms with Crippen molar-refractivity contribution in [1.82, 2.24) is 9.78 Å². The lowest BCUT2D eigenvalue weighted by atomic mass is 9.99. The summed E-state index contributed by atoms with van der Waals surface area (Å²) in [6.45, 7) is 1.55. The van der Waals surface area contributed by atoms with Gasteiger partial charge in [-0.3, -0.25) is 0 Å². The van der Waals surface area contributed by atoms with Crippen LogP contribution in [0.25, 0.3) is 0 Å². The zero-order valence-corrected chi connectivity index (χ0v) is 8.80. The molecule has 2 heterocycles. The number of hydrogen-bond acceptors (Lipinski definition) is 2. The standard InChI is InChI=1S/C9H10F5N3/c1-5-4-6(8(10,11)9(12,13)14)17-7(16-5)2-3-15-17/h2-3,5-6,16H,4H2,1H3/t5-,6+/m0/s1. The maximum Gasteiger partial charge on any atom is 0.455 e. The van der Waals surface area contributed by atoms with E-state index in [0.29, 0.717) is 4.68 Å². The molecule has 0 aliphatic carbocycles. The van der Waals surface area contributed by atoms with E-state index in [1.165, 1.54) is 12.3 Å². The van der Waals surface area contributed by atoms with E-state index in [0.717, 1.165) is 0 Å². The van der Waals surface area contributed by atoms with Gasteiger partial charge in [0.1, 0.15) is 11.9 Å². The van der Waals surface area contributed by atoms with Crippen molar-refractivity contribution in [3.8, 4) is 0 Å². The number of alkyl halides is 5. The molecular formula is C9H10F5N3. The van der Waals surface area contributed by atoms with Crippen LogP contribution in [-0.2, 0) is 0 Å². The second-order valence-electron chi connectivity index (χ2n) is 4.08. The van der Waals surface area contributed by atoms with Crippen molar-refractivity contribution in [2.75, 3.05) is 5.32 Å². The maximum atomic E-state index is 13.3. The summed E-state index contributed by atoms with van der Waals surface area (Å²) in [4.78, 5) is 0. The van der Waals surface area contributed by atoms with Crippen LogP contribution in [0, 0.1) is 0 Å². The van der Waals surface area contributed by atoms with Gasteiger partial charge in [0, 0.05) is 12.1 Å². The minimum absolute atomic E-state index is 0.178. The van der Waals surface area contributed by atoms with Crippen LogP contribution in [0.5, 0.6) is 0 Å². The molecule has 2 rings (SSSR count). The molecule has 1 aromatic rings. The number of aromatic nitrogens is 2. The van der Waals surface area contributed by atoms with E-state index in [2.05, 4.69) is 10.4 Å². The van der Waals surface area contributed by atoms with Gasteiger partial charge in [-0.1, -0.05) is 0 Å². The third kappa shape index (κ3) is 1.85. The molecule has 0 bridgehead atoms. The van der Waals surface area contributed by atoms with Gasteiger partial charge in [-0.15, -0.1) is 0 Å². The van der Waals surface area contributed by atoms with E-state index in [1.807, 2.05) is 0 Å². The van der Waals surface area contributed by atoms with Crippen molar-refractivity contribution in [3.63, 3.8) is 0 Å². The van der Waals surface area contributed by atoms with Crippen molar-refractivity contribution >= 4 is 5.82 Å². The van der Waals surface area contributed by atoms with Gasteiger partial charge in [0.2, 0.25) is 0 Å². The molecule has 0 fully saturated rings. The SMILES string of the molecule is C[C@H]1C[C@H](C(F)(F)C(F)(F)F)n2nccc2N1. The number of halogens is 5. The largest absolute Gasteiger partial charge is 0.455 e. The summed E-state index contributed by atoms with van der Waals surface area (Å²) in [5.74, 6) is -4.61. The summed E-state index contributed by atoms with van der Waals surface area (Å²) in [7, 11) is 0. The van der Waals surface area contributed by atoms with Gasteiger partial charge in [0.15, 0.2) is 0 Å². The van der Waals surface area contributed by atoms with Gasteiger partial charge < -0.3 is 5.32 Å². The molecule has 3 nitrogen and oxygen atoms in total. The van der Waals surface area contributed by atoms with Gasteiger partial charge in [-0.25, -0.2) is 4.68 Å². The third-order valence-electron chi connectivity index (χ3n) is 2.73. The van der Waals surface area contributed by atoms with Gasteiger partial charge in [0.05, 0.1) is 6.20 Å². The Hall–Kier alpha value is -1.34. The highest BCUT2D eigenvalue weighted by atomic mass is 19.4. The number of hydrogen-bond donors (Lipinski definition) is 1. The Morgan fingerprint density at radius 2 is 2.00 bits per heavy atom. The minimum Gasteiger partial charge on any atom is -0.368 e. The zero-order chi connectivity index (χ0) is 12.8. The number of nitrogens with one attached hydrogen (secondary N) is 1. The fourth-order valence-corrected chi connectivity index (χ4v) is 1.91. The summed E-state index contributed by atoms with van der Waals surface area (Å²) in [6, 6.07) is -1.09. The molecule has 0 amide bonds. The Kier molecular flexibility index (Phi) is 2.55. The Morgan fingerprint density at radius 3 is 2.59 bits per heavy atom. The number of fused-ring (bicyclic) bond motifs is 1. The highest BCUT2D eigenvalue weighted by molar-refractivity contribution is 5.38. The van der Waals surface area contributed by atoms with E-state index in [4.69, 9.17) is 0 Å². The van der Waals surface area contributed by atoms with Gasteiger partial charge in [-0.2, -0.15) is 27.1 Å². The maximum absolute atomic E-state index is 13.3. The molecule has 1 N–H and O–H groups in total. The Morgan fingerprint density at radius 1 is 1.35 bits per heavy atom. The van der Waals surface area contributed by atoms with Gasteiger partial charge in [0.25, 0.3) is 0 Å². The molecule has 17 heavy (non-hydrogen) atoms. The quantitative estimate of drug-likeness (QED) is 0.782. The van der Waals surface area contributed by atoms with Crippen LogP contribution in [0.3, 0.4) is 0 Å². The lowest BCUT2D eigenvalue weighted by Crippen LogP contribution is -2.48. The van der Waals surface area contributed by atoms with Crippen LogP contribution >= 0.6 is 0 Å². The highest BCUT2D eigenvalue weighted by Crippen LogP contribution is 2.47. The Bertz CT molecular complexity index is 411. The lowest BCUT2D eigenvalue weighted by Gasteiger charge is -2.35. The molecule has 0 aromatic carbocycles. The predicted octanol–water partition coefficient (Wildman–Crippen LogP) is 2.83. The minimum atomic E-state index is -5.57. The average molecular weight is 255 g/mol. The Balaban J connectivity index is 2.41. The molecule has 0 radical (unpaired) electrons. The Labute approximate surface area is 93.6 Å². The van der Waals surface area contributed by atoms with Crippen LogP contribution in [0.2, 0.25) is 0 Å². The molecule has 1 aliphatic rings. The monoisotopic (exact) mass is 255 g/mol. The molecular weight excluding hydrogens is 245 g/mol. The van der Waals surface area contributed by atoms with Crippen molar-refractivity contribution in [2.45, 2.75) is 37.5 Å². The van der Waals surface area contributed by atoms with Crippen LogP contribution in [0.4, 0.5) is 27.8 Å².